The van der Waals surface area contributed by atoms with Crippen LogP contribution in [-0.4, -0.2) is 9.55 Å². The van der Waals surface area contributed by atoms with Crippen molar-refractivity contribution in [3.05, 3.63) is 236 Å². The monoisotopic (exact) mass is 720 g/mol. The summed E-state index contributed by atoms with van der Waals surface area (Å²) >= 11 is 0. The van der Waals surface area contributed by atoms with E-state index in [1.54, 1.807) is 0 Å². The molecule has 1 aromatic heterocycles. The highest BCUT2D eigenvalue weighted by molar-refractivity contribution is 6.02. The van der Waals surface area contributed by atoms with Crippen LogP contribution in [0.15, 0.2) is 213 Å². The molecular formula is C54H44N2. The van der Waals surface area contributed by atoms with Crippen LogP contribution in [0.25, 0.3) is 67.2 Å². The molecule has 56 heavy (non-hydrogen) atoms. The number of nitrogens with zero attached hydrogens (tertiary/aromatic N) is 2. The van der Waals surface area contributed by atoms with Gasteiger partial charge in [-0.05, 0) is 91.9 Å². The summed E-state index contributed by atoms with van der Waals surface area (Å²) in [7, 11) is 0. The van der Waals surface area contributed by atoms with Gasteiger partial charge < -0.3 is 0 Å². The van der Waals surface area contributed by atoms with Crippen LogP contribution in [-0.2, 0) is 0 Å². The molecule has 7 aromatic rings. The van der Waals surface area contributed by atoms with E-state index in [0.717, 1.165) is 78.7 Å². The van der Waals surface area contributed by atoms with Crippen LogP contribution in [0.1, 0.15) is 35.6 Å². The van der Waals surface area contributed by atoms with Gasteiger partial charge in [-0.3, -0.25) is 4.57 Å². The van der Waals surface area contributed by atoms with Crippen molar-refractivity contribution in [2.24, 2.45) is 5.92 Å². The SMILES string of the molecule is C=Cc1ccccc1C(=C)c1ccc(-c2ccc(-c3nc4ccccc4n3-c3ccccc3)cc2)cccc(/C2=C/C=C\C(C)/C=C\C=C/C2)c2ccccc12. The summed E-state index contributed by atoms with van der Waals surface area (Å²) in [6.45, 7) is 11.1. The zero-order valence-electron chi connectivity index (χ0n) is 31.7. The number of benzene rings is 5. The smallest absolute Gasteiger partial charge is 0.145 e. The van der Waals surface area contributed by atoms with Crippen molar-refractivity contribution < 1.29 is 0 Å². The summed E-state index contributed by atoms with van der Waals surface area (Å²) in [5.74, 6) is 1.26. The molecule has 0 saturated heterocycles. The van der Waals surface area contributed by atoms with E-state index in [-0.39, 0.29) is 0 Å². The van der Waals surface area contributed by atoms with Crippen LogP contribution < -0.4 is 0 Å². The van der Waals surface area contributed by atoms with E-state index in [9.17, 15) is 0 Å². The minimum absolute atomic E-state index is 0.347. The van der Waals surface area contributed by atoms with Crippen LogP contribution >= 0.6 is 0 Å². The third-order valence-corrected chi connectivity index (χ3v) is 10.4. The molecule has 0 bridgehead atoms. The topological polar surface area (TPSA) is 17.8 Å². The molecule has 1 aliphatic rings. The predicted molar refractivity (Wildman–Crippen MR) is 241 cm³/mol. The van der Waals surface area contributed by atoms with Gasteiger partial charge in [0.1, 0.15) is 5.82 Å². The van der Waals surface area contributed by atoms with E-state index in [0.29, 0.717) is 5.92 Å². The molecule has 0 N–H and O–H groups in total. The second-order valence-corrected chi connectivity index (χ2v) is 14.1. The first kappa shape index (κ1) is 36.0. The highest BCUT2D eigenvalue weighted by Gasteiger charge is 2.15. The third-order valence-electron chi connectivity index (χ3n) is 10.4. The molecule has 1 unspecified atom stereocenters. The van der Waals surface area contributed by atoms with Crippen molar-refractivity contribution in [2.45, 2.75) is 13.3 Å². The molecule has 0 saturated carbocycles. The van der Waals surface area contributed by atoms with Gasteiger partial charge in [0.05, 0.1) is 11.0 Å². The molecule has 0 aliphatic heterocycles. The lowest BCUT2D eigenvalue weighted by Crippen LogP contribution is -1.97. The Kier molecular flexibility index (Phi) is 10.6. The average Bonchev–Trinajstić information content (AvgIpc) is 3.64. The first-order valence-corrected chi connectivity index (χ1v) is 19.2. The van der Waals surface area contributed by atoms with Crippen LogP contribution in [0.3, 0.4) is 0 Å². The minimum Gasteiger partial charge on any atom is -0.292 e. The zero-order valence-corrected chi connectivity index (χ0v) is 31.7. The number of para-hydroxylation sites is 3. The molecule has 2 nitrogen and oxygen atoms in total. The molecule has 2 heteroatoms. The van der Waals surface area contributed by atoms with Gasteiger partial charge in [0.15, 0.2) is 0 Å². The van der Waals surface area contributed by atoms with Gasteiger partial charge in [-0.25, -0.2) is 4.98 Å². The quantitative estimate of drug-likeness (QED) is 0.160. The Morgan fingerprint density at radius 1 is 0.625 bits per heavy atom. The molecule has 0 radical (unpaired) electrons. The standard InChI is InChI=1S/C54H44N2/c1-4-41-21-11-12-27-47(41)40(3)48-38-37-42(23-18-30-49(51-29-14-13-28-50(48)51)44-22-8-5-7-19-39(2)20-17-24-44)43-33-35-45(36-34-43)54-55-52-31-15-16-32-53(52)56(54)46-25-9-6-10-26-46/h4-21,23-39H,1,3,22H2,2H3/b8-5-,19-7-,20-17-,23-18?,30-18?,38-37?,42-23?,42-37?,44-24+,48-38?,49-30?,50-48?,51-49?. The second kappa shape index (κ2) is 16.5. The lowest BCUT2D eigenvalue weighted by atomic mass is 9.90. The lowest BCUT2D eigenvalue weighted by Gasteiger charge is -2.14. The maximum Gasteiger partial charge on any atom is 0.145 e. The Morgan fingerprint density at radius 2 is 1.30 bits per heavy atom. The minimum atomic E-state index is 0.347. The van der Waals surface area contributed by atoms with Crippen molar-refractivity contribution in [2.75, 3.05) is 0 Å². The first-order valence-electron chi connectivity index (χ1n) is 19.2. The molecule has 270 valence electrons. The van der Waals surface area contributed by atoms with Gasteiger partial charge in [0.2, 0.25) is 0 Å². The van der Waals surface area contributed by atoms with E-state index in [4.69, 9.17) is 11.6 Å². The Hall–Kier alpha value is -7.03. The Balaban J connectivity index is 1.32. The Morgan fingerprint density at radius 3 is 2.14 bits per heavy atom. The van der Waals surface area contributed by atoms with E-state index >= 15 is 0 Å². The molecule has 1 heterocycles. The van der Waals surface area contributed by atoms with Crippen molar-refractivity contribution >= 4 is 39.0 Å². The van der Waals surface area contributed by atoms with E-state index < -0.39 is 0 Å². The number of imidazole rings is 1. The van der Waals surface area contributed by atoms with Crippen molar-refractivity contribution in [1.82, 2.24) is 9.55 Å². The number of fused-ring (bicyclic) bond motifs is 2. The molecule has 0 amide bonds. The van der Waals surface area contributed by atoms with Gasteiger partial charge in [-0.2, -0.15) is 0 Å². The van der Waals surface area contributed by atoms with E-state index in [1.807, 2.05) is 18.2 Å². The number of hydrogen-bond donors (Lipinski definition) is 0. The van der Waals surface area contributed by atoms with Crippen LogP contribution in [0.5, 0.6) is 0 Å². The predicted octanol–water partition coefficient (Wildman–Crippen LogP) is 14.4. The molecule has 8 rings (SSSR count). The number of allylic oxidation sites excluding steroid dienone is 8. The summed E-state index contributed by atoms with van der Waals surface area (Å²) in [5, 5.41) is 2.29. The van der Waals surface area contributed by atoms with Gasteiger partial charge in [0, 0.05) is 11.3 Å². The zero-order chi connectivity index (χ0) is 38.3. The van der Waals surface area contributed by atoms with Gasteiger partial charge in [0.25, 0.3) is 0 Å². The molecule has 1 atom stereocenters. The summed E-state index contributed by atoms with van der Waals surface area (Å²) < 4.78 is 2.24. The first-order chi connectivity index (χ1) is 27.6. The van der Waals surface area contributed by atoms with Crippen molar-refractivity contribution in [3.8, 4) is 28.2 Å². The second-order valence-electron chi connectivity index (χ2n) is 14.1. The molecular weight excluding hydrogens is 677 g/mol. The lowest BCUT2D eigenvalue weighted by molar-refractivity contribution is 0.940. The van der Waals surface area contributed by atoms with Crippen molar-refractivity contribution in [1.29, 1.82) is 0 Å². The normalized spacial score (nSPS) is 16.6. The highest BCUT2D eigenvalue weighted by Crippen LogP contribution is 2.35. The van der Waals surface area contributed by atoms with E-state index in [2.05, 4.69) is 206 Å². The molecule has 0 fully saturated rings. The summed E-state index contributed by atoms with van der Waals surface area (Å²) in [6.07, 6.45) is 18.2. The van der Waals surface area contributed by atoms with Gasteiger partial charge in [-0.1, -0.05) is 202 Å². The molecule has 6 aromatic carbocycles. The Bertz CT molecular complexity index is 2750. The highest BCUT2D eigenvalue weighted by atomic mass is 15.1. The van der Waals surface area contributed by atoms with Crippen molar-refractivity contribution in [3.63, 3.8) is 0 Å². The van der Waals surface area contributed by atoms with E-state index in [1.165, 1.54) is 11.1 Å². The third kappa shape index (κ3) is 7.51. The maximum atomic E-state index is 5.11. The van der Waals surface area contributed by atoms with Gasteiger partial charge >= 0.3 is 0 Å². The van der Waals surface area contributed by atoms with Gasteiger partial charge in [-0.15, -0.1) is 0 Å². The van der Waals surface area contributed by atoms with Crippen LogP contribution in [0, 0.1) is 5.92 Å². The summed E-state index contributed by atoms with van der Waals surface area (Å²) in [5.41, 5.74) is 12.9. The number of aromatic nitrogens is 2. The fourth-order valence-corrected chi connectivity index (χ4v) is 7.50. The molecule has 1 aliphatic carbocycles. The summed E-state index contributed by atoms with van der Waals surface area (Å²) in [6, 6.07) is 55.8. The summed E-state index contributed by atoms with van der Waals surface area (Å²) in [4.78, 5) is 5.11. The van der Waals surface area contributed by atoms with Crippen LogP contribution in [0.4, 0.5) is 0 Å². The number of rotatable bonds is 7. The fourth-order valence-electron chi connectivity index (χ4n) is 7.50. The Labute approximate surface area is 330 Å². The van der Waals surface area contributed by atoms with Crippen LogP contribution in [0.2, 0.25) is 0 Å². The largest absolute Gasteiger partial charge is 0.292 e. The number of hydrogen-bond acceptors (Lipinski definition) is 1. The maximum absolute atomic E-state index is 5.11. The fraction of sp³-hybridized carbons (Fsp3) is 0.0556. The average molecular weight is 721 g/mol. The molecule has 0 spiro atoms.